The van der Waals surface area contributed by atoms with E-state index in [-0.39, 0.29) is 41.5 Å². The zero-order valence-electron chi connectivity index (χ0n) is 25.2. The molecule has 0 radical (unpaired) electrons. The Morgan fingerprint density at radius 2 is 1.74 bits per heavy atom. The Balaban J connectivity index is 1.36. The van der Waals surface area contributed by atoms with Crippen LogP contribution >= 0.6 is 0 Å². The Morgan fingerprint density at radius 1 is 1.07 bits per heavy atom. The highest BCUT2D eigenvalue weighted by Gasteiger charge is 2.46. The summed E-state index contributed by atoms with van der Waals surface area (Å²) in [4.78, 5) is 26.6. The van der Waals surface area contributed by atoms with Gasteiger partial charge in [0, 0.05) is 36.7 Å². The molecule has 2 heterocycles. The molecule has 10 heteroatoms. The first-order valence-corrected chi connectivity index (χ1v) is 14.5. The largest absolute Gasteiger partial charge is 0.510 e. The number of aliphatic hydroxyl groups excluding tert-OH is 1. The molecule has 2 aliphatic rings. The molecule has 3 N–H and O–H groups in total. The van der Waals surface area contributed by atoms with Crippen LogP contribution in [0.2, 0.25) is 0 Å². The van der Waals surface area contributed by atoms with Gasteiger partial charge in [0.2, 0.25) is 11.8 Å². The summed E-state index contributed by atoms with van der Waals surface area (Å²) in [6.45, 7) is 7.48. The number of nitrogens with one attached hydrogen (secondary N) is 1. The first-order valence-electron chi connectivity index (χ1n) is 14.5. The highest BCUT2D eigenvalue weighted by molar-refractivity contribution is 6.32. The van der Waals surface area contributed by atoms with E-state index in [1.807, 2.05) is 63.7 Å². The number of hydrogen-bond donors (Lipinski definition) is 3. The van der Waals surface area contributed by atoms with E-state index in [1.165, 1.54) is 6.42 Å². The smallest absolute Gasteiger partial charge is 0.244 e. The van der Waals surface area contributed by atoms with E-state index in [4.69, 9.17) is 0 Å². The summed E-state index contributed by atoms with van der Waals surface area (Å²) in [5.74, 6) is -1.48. The van der Waals surface area contributed by atoms with Gasteiger partial charge >= 0.3 is 0 Å². The minimum absolute atomic E-state index is 0.0276. The second-order valence-electron chi connectivity index (χ2n) is 11.6. The molecule has 0 bridgehead atoms. The van der Waals surface area contributed by atoms with Gasteiger partial charge in [-0.3, -0.25) is 9.59 Å². The first kappa shape index (κ1) is 29.2. The summed E-state index contributed by atoms with van der Waals surface area (Å²) in [6.07, 6.45) is 6.97. The highest BCUT2D eigenvalue weighted by atomic mass is 16.3. The van der Waals surface area contributed by atoms with E-state index in [0.717, 1.165) is 48.2 Å². The lowest BCUT2D eigenvalue weighted by molar-refractivity contribution is -0.117. The third-order valence-electron chi connectivity index (χ3n) is 8.63. The number of amides is 1. The van der Waals surface area contributed by atoms with Gasteiger partial charge in [0.25, 0.3) is 0 Å². The molecule has 222 valence electrons. The lowest BCUT2D eigenvalue weighted by Gasteiger charge is -2.29. The summed E-state index contributed by atoms with van der Waals surface area (Å²) in [7, 11) is 3.69. The normalized spacial score (nSPS) is 17.7. The number of benzene rings is 1. The molecule has 0 spiro atoms. The Kier molecular flexibility index (Phi) is 7.99. The number of ketones is 1. The van der Waals surface area contributed by atoms with Gasteiger partial charge in [0.05, 0.1) is 29.1 Å². The monoisotopic (exact) mass is 572 g/mol. The summed E-state index contributed by atoms with van der Waals surface area (Å²) in [6, 6.07) is 7.51. The molecule has 0 aliphatic heterocycles. The van der Waals surface area contributed by atoms with Crippen molar-refractivity contribution in [3.05, 3.63) is 69.4 Å². The molecular weight excluding hydrogens is 532 g/mol. The van der Waals surface area contributed by atoms with Crippen LogP contribution in [0.3, 0.4) is 0 Å². The highest BCUT2D eigenvalue weighted by Crippen LogP contribution is 2.49. The van der Waals surface area contributed by atoms with E-state index in [1.54, 1.807) is 22.8 Å². The average molecular weight is 573 g/mol. The standard InChI is InChI=1S/C32H40N6O4/c1-18-20(3)37(17-25(39)34-23-14-12-22(13-15-23)16-33-36(5)6)21(4)26(18)28-30(40)29(31(28)41)27-19(2)35-38(32(27)42)24-10-8-7-9-11-24/h12-16,24,29,40,42H,7-11,17H2,1-6H3,(H,34,39)/b33-16+. The molecule has 0 saturated heterocycles. The third kappa shape index (κ3) is 5.21. The number of aromatic hydroxyl groups is 1. The van der Waals surface area contributed by atoms with Gasteiger partial charge in [-0.2, -0.15) is 10.2 Å². The molecule has 10 nitrogen and oxygen atoms in total. The number of carbonyl (C=O) groups is 2. The molecule has 1 aromatic carbocycles. The minimum Gasteiger partial charge on any atom is -0.510 e. The maximum absolute atomic E-state index is 13.6. The van der Waals surface area contributed by atoms with Crippen LogP contribution in [0.15, 0.2) is 35.1 Å². The van der Waals surface area contributed by atoms with Crippen molar-refractivity contribution in [2.45, 2.75) is 78.3 Å². The number of hydrogen-bond acceptors (Lipinski definition) is 7. The maximum atomic E-state index is 13.6. The van der Waals surface area contributed by atoms with Gasteiger partial charge in [0.15, 0.2) is 5.78 Å². The van der Waals surface area contributed by atoms with Crippen molar-refractivity contribution in [3.63, 3.8) is 0 Å². The van der Waals surface area contributed by atoms with Crippen molar-refractivity contribution in [3.8, 4) is 5.88 Å². The summed E-state index contributed by atoms with van der Waals surface area (Å²) >= 11 is 0. The Morgan fingerprint density at radius 3 is 2.36 bits per heavy atom. The van der Waals surface area contributed by atoms with Crippen LogP contribution in [0.4, 0.5) is 5.69 Å². The van der Waals surface area contributed by atoms with Crippen molar-refractivity contribution < 1.29 is 19.8 Å². The number of hydrazone groups is 1. The van der Waals surface area contributed by atoms with Crippen LogP contribution in [-0.4, -0.2) is 61.6 Å². The van der Waals surface area contributed by atoms with Crippen LogP contribution in [0.1, 0.15) is 83.4 Å². The first-order chi connectivity index (χ1) is 20.0. The molecule has 2 aliphatic carbocycles. The second kappa shape index (κ2) is 11.5. The predicted molar refractivity (Wildman–Crippen MR) is 163 cm³/mol. The summed E-state index contributed by atoms with van der Waals surface area (Å²) in [5.41, 5.74) is 5.81. The zero-order chi connectivity index (χ0) is 30.3. The number of carbonyl (C=O) groups excluding carboxylic acids is 2. The van der Waals surface area contributed by atoms with Crippen LogP contribution in [0.5, 0.6) is 5.88 Å². The van der Waals surface area contributed by atoms with E-state index in [0.29, 0.717) is 22.5 Å². The third-order valence-corrected chi connectivity index (χ3v) is 8.63. The number of Topliss-reactive ketones (excluding diaryl/α,β-unsaturated/α-hetero) is 1. The molecule has 1 saturated carbocycles. The number of aliphatic hydroxyl groups is 1. The van der Waals surface area contributed by atoms with Gasteiger partial charge < -0.3 is 25.1 Å². The van der Waals surface area contributed by atoms with Crippen LogP contribution in [0.25, 0.3) is 5.57 Å². The lowest BCUT2D eigenvalue weighted by atomic mass is 9.74. The van der Waals surface area contributed by atoms with E-state index in [2.05, 4.69) is 15.5 Å². The average Bonchev–Trinajstić information content (AvgIpc) is 3.36. The minimum atomic E-state index is -0.936. The number of anilines is 1. The topological polar surface area (TPSA) is 125 Å². The van der Waals surface area contributed by atoms with Gasteiger partial charge in [-0.25, -0.2) is 4.68 Å². The SMILES string of the molecule is Cc1nn(C2CCCCC2)c(O)c1C1C(=O)C(c2c(C)c(C)n(CC(=O)Nc3ccc(/C=N/N(C)C)cc3)c2C)=C1O. The molecule has 5 rings (SSSR count). The molecule has 1 amide bonds. The Bertz CT molecular complexity index is 1590. The predicted octanol–water partition coefficient (Wildman–Crippen LogP) is 5.30. The van der Waals surface area contributed by atoms with Crippen molar-refractivity contribution in [2.75, 3.05) is 19.4 Å². The van der Waals surface area contributed by atoms with Crippen LogP contribution in [-0.2, 0) is 16.1 Å². The number of rotatable bonds is 8. The quantitative estimate of drug-likeness (QED) is 0.249. The molecule has 1 atom stereocenters. The van der Waals surface area contributed by atoms with E-state index < -0.39 is 5.92 Å². The van der Waals surface area contributed by atoms with Crippen molar-refractivity contribution in [1.29, 1.82) is 0 Å². The fourth-order valence-corrected chi connectivity index (χ4v) is 6.27. The fourth-order valence-electron chi connectivity index (χ4n) is 6.27. The van der Waals surface area contributed by atoms with Crippen molar-refractivity contribution in [2.24, 2.45) is 5.10 Å². The molecule has 1 fully saturated rings. The van der Waals surface area contributed by atoms with Crippen molar-refractivity contribution in [1.82, 2.24) is 19.4 Å². The molecule has 1 unspecified atom stereocenters. The molecule has 42 heavy (non-hydrogen) atoms. The second-order valence-corrected chi connectivity index (χ2v) is 11.6. The fraction of sp³-hybridized carbons (Fsp3) is 0.438. The van der Waals surface area contributed by atoms with Crippen LogP contribution in [0, 0.1) is 27.7 Å². The summed E-state index contributed by atoms with van der Waals surface area (Å²) in [5, 5.41) is 35.7. The Labute approximate surface area is 246 Å². The Hall–Kier alpha value is -4.34. The maximum Gasteiger partial charge on any atom is 0.244 e. The van der Waals surface area contributed by atoms with Crippen LogP contribution < -0.4 is 5.32 Å². The number of nitrogens with zero attached hydrogens (tertiary/aromatic N) is 5. The molecule has 2 aromatic heterocycles. The summed E-state index contributed by atoms with van der Waals surface area (Å²) < 4.78 is 3.51. The van der Waals surface area contributed by atoms with Gasteiger partial charge in [0.1, 0.15) is 18.2 Å². The van der Waals surface area contributed by atoms with Gasteiger partial charge in [-0.05, 0) is 63.8 Å². The molecule has 3 aromatic rings. The zero-order valence-corrected chi connectivity index (χ0v) is 25.2. The number of aromatic nitrogens is 3. The van der Waals surface area contributed by atoms with Crippen molar-refractivity contribution >= 4 is 29.2 Å². The molecular formula is C32H40N6O4. The van der Waals surface area contributed by atoms with Gasteiger partial charge in [-0.1, -0.05) is 31.4 Å². The lowest BCUT2D eigenvalue weighted by Crippen LogP contribution is -2.29. The van der Waals surface area contributed by atoms with E-state index in [9.17, 15) is 19.8 Å². The number of aryl methyl sites for hydroxylation is 1. The van der Waals surface area contributed by atoms with Gasteiger partial charge in [-0.15, -0.1) is 0 Å². The number of allylic oxidation sites excluding steroid dienone is 2. The van der Waals surface area contributed by atoms with E-state index >= 15 is 0 Å².